The minimum Gasteiger partial charge on any atom is -0.495 e. The molecule has 3 aromatic rings. The molecule has 3 N–H and O–H groups in total. The van der Waals surface area contributed by atoms with Gasteiger partial charge in [0.25, 0.3) is 0 Å². The van der Waals surface area contributed by atoms with Crippen LogP contribution in [-0.4, -0.2) is 49.1 Å². The summed E-state index contributed by atoms with van der Waals surface area (Å²) >= 11 is 5.96. The van der Waals surface area contributed by atoms with Crippen LogP contribution in [0.3, 0.4) is 0 Å². The van der Waals surface area contributed by atoms with Crippen molar-refractivity contribution >= 4 is 44.4 Å². The van der Waals surface area contributed by atoms with Gasteiger partial charge in [0, 0.05) is 17.6 Å². The molecule has 1 aromatic heterocycles. The largest absolute Gasteiger partial charge is 0.495 e. The third kappa shape index (κ3) is 5.63. The van der Waals surface area contributed by atoms with Crippen molar-refractivity contribution in [2.45, 2.75) is 31.3 Å². The Hall–Kier alpha value is -2.89. The van der Waals surface area contributed by atoms with Crippen molar-refractivity contribution in [1.82, 2.24) is 25.0 Å². The molecule has 0 spiro atoms. The Kier molecular flexibility index (Phi) is 6.98. The lowest BCUT2D eigenvalue weighted by molar-refractivity contribution is 0.251. The van der Waals surface area contributed by atoms with Crippen LogP contribution in [-0.2, 0) is 16.6 Å². The van der Waals surface area contributed by atoms with E-state index >= 15 is 0 Å². The first-order valence-electron chi connectivity index (χ1n) is 9.43. The average Bonchev–Trinajstić information content (AvgIpc) is 3.09. The third-order valence-electron chi connectivity index (χ3n) is 4.21. The monoisotopic (exact) mass is 466 g/mol. The molecule has 1 heterocycles. The number of benzene rings is 2. The van der Waals surface area contributed by atoms with Crippen LogP contribution in [0.1, 0.15) is 13.8 Å². The Morgan fingerprint density at radius 1 is 1.23 bits per heavy atom. The molecule has 31 heavy (non-hydrogen) atoms. The van der Waals surface area contributed by atoms with E-state index in [1.165, 1.54) is 19.2 Å². The summed E-state index contributed by atoms with van der Waals surface area (Å²) < 4.78 is 34.0. The number of rotatable bonds is 8. The van der Waals surface area contributed by atoms with Gasteiger partial charge in [0.05, 0.1) is 29.8 Å². The van der Waals surface area contributed by atoms with Crippen molar-refractivity contribution in [3.63, 3.8) is 0 Å². The summed E-state index contributed by atoms with van der Waals surface area (Å²) in [6, 6.07) is 8.86. The zero-order chi connectivity index (χ0) is 22.6. The van der Waals surface area contributed by atoms with E-state index in [-0.39, 0.29) is 17.5 Å². The van der Waals surface area contributed by atoms with Crippen LogP contribution in [0.25, 0.3) is 11.0 Å². The van der Waals surface area contributed by atoms with Gasteiger partial charge < -0.3 is 15.4 Å². The molecule has 0 unspecified atom stereocenters. The molecule has 3 rings (SSSR count). The van der Waals surface area contributed by atoms with E-state index in [4.69, 9.17) is 16.3 Å². The number of halogens is 1. The van der Waals surface area contributed by atoms with Crippen LogP contribution in [0.15, 0.2) is 41.3 Å². The van der Waals surface area contributed by atoms with E-state index in [0.29, 0.717) is 34.0 Å². The predicted octanol–water partition coefficient (Wildman–Crippen LogP) is 2.60. The molecule has 0 aliphatic carbocycles. The van der Waals surface area contributed by atoms with Gasteiger partial charge in [-0.05, 0) is 50.2 Å². The minimum atomic E-state index is -3.62. The number of ether oxygens (including phenoxy) is 1. The summed E-state index contributed by atoms with van der Waals surface area (Å²) in [5.74, 6) is 0.486. The van der Waals surface area contributed by atoms with Crippen molar-refractivity contribution in [3.05, 3.63) is 41.4 Å². The number of methoxy groups -OCH3 is 1. The zero-order valence-corrected chi connectivity index (χ0v) is 18.8. The van der Waals surface area contributed by atoms with Crippen molar-refractivity contribution in [2.75, 3.05) is 19.0 Å². The van der Waals surface area contributed by atoms with Crippen LogP contribution in [0.2, 0.25) is 5.02 Å². The highest BCUT2D eigenvalue weighted by atomic mass is 35.5. The van der Waals surface area contributed by atoms with Gasteiger partial charge in [-0.25, -0.2) is 22.6 Å². The SMILES string of the molecule is COc1ccc(Cl)cc1NC(=O)NCCn1nnc2cc(S(=O)(=O)NC(C)C)ccc21. The molecule has 0 atom stereocenters. The molecule has 0 radical (unpaired) electrons. The molecular weight excluding hydrogens is 444 g/mol. The molecule has 0 saturated heterocycles. The number of carbonyl (C=O) groups excluding carboxylic acids is 1. The predicted molar refractivity (Wildman–Crippen MR) is 118 cm³/mol. The Morgan fingerprint density at radius 2 is 2.00 bits per heavy atom. The molecule has 2 aromatic carbocycles. The van der Waals surface area contributed by atoms with Gasteiger partial charge in [0.1, 0.15) is 11.3 Å². The maximum absolute atomic E-state index is 12.3. The first-order chi connectivity index (χ1) is 14.7. The summed E-state index contributed by atoms with van der Waals surface area (Å²) in [7, 11) is -2.12. The van der Waals surface area contributed by atoms with Crippen LogP contribution >= 0.6 is 11.6 Å². The molecule has 166 valence electrons. The summed E-state index contributed by atoms with van der Waals surface area (Å²) in [4.78, 5) is 12.3. The van der Waals surface area contributed by atoms with Gasteiger partial charge in [-0.2, -0.15) is 0 Å². The molecule has 0 bridgehead atoms. The normalized spacial score (nSPS) is 11.6. The standard InChI is InChI=1S/C19H23ClN6O4S/c1-12(2)24-31(28,29)14-5-6-17-15(11-14)23-25-26(17)9-8-21-19(27)22-16-10-13(20)4-7-18(16)30-3/h4-7,10-12,24H,8-9H2,1-3H3,(H2,21,22,27). The van der Waals surface area contributed by atoms with Gasteiger partial charge in [-0.3, -0.25) is 0 Å². The number of nitrogens with zero attached hydrogens (tertiary/aromatic N) is 3. The summed E-state index contributed by atoms with van der Waals surface area (Å²) in [6.45, 7) is 4.10. The Bertz CT molecular complexity index is 1200. The summed E-state index contributed by atoms with van der Waals surface area (Å²) in [6.07, 6.45) is 0. The van der Waals surface area contributed by atoms with Crippen molar-refractivity contribution in [3.8, 4) is 5.75 Å². The number of nitrogens with one attached hydrogen (secondary N) is 3. The highest BCUT2D eigenvalue weighted by Gasteiger charge is 2.17. The average molecular weight is 467 g/mol. The van der Waals surface area contributed by atoms with Gasteiger partial charge in [-0.15, -0.1) is 5.10 Å². The highest BCUT2D eigenvalue weighted by molar-refractivity contribution is 7.89. The van der Waals surface area contributed by atoms with Gasteiger partial charge >= 0.3 is 6.03 Å². The van der Waals surface area contributed by atoms with E-state index in [9.17, 15) is 13.2 Å². The van der Waals surface area contributed by atoms with Gasteiger partial charge in [0.15, 0.2) is 0 Å². The van der Waals surface area contributed by atoms with Crippen LogP contribution < -0.4 is 20.1 Å². The molecule has 12 heteroatoms. The molecule has 0 aliphatic heterocycles. The van der Waals surface area contributed by atoms with E-state index in [1.54, 1.807) is 42.8 Å². The second-order valence-electron chi connectivity index (χ2n) is 6.96. The van der Waals surface area contributed by atoms with E-state index in [0.717, 1.165) is 0 Å². The fourth-order valence-corrected chi connectivity index (χ4v) is 4.33. The lowest BCUT2D eigenvalue weighted by Gasteiger charge is -2.11. The number of amides is 2. The number of aromatic nitrogens is 3. The van der Waals surface area contributed by atoms with Gasteiger partial charge in [-0.1, -0.05) is 16.8 Å². The summed E-state index contributed by atoms with van der Waals surface area (Å²) in [5, 5.41) is 13.9. The van der Waals surface area contributed by atoms with Crippen molar-refractivity contribution in [2.24, 2.45) is 0 Å². The van der Waals surface area contributed by atoms with Crippen LogP contribution in [0, 0.1) is 0 Å². The fourth-order valence-electron chi connectivity index (χ4n) is 2.88. The Labute approximate surface area is 185 Å². The molecule has 10 nitrogen and oxygen atoms in total. The number of urea groups is 1. The minimum absolute atomic E-state index is 0.119. The Morgan fingerprint density at radius 3 is 2.71 bits per heavy atom. The highest BCUT2D eigenvalue weighted by Crippen LogP contribution is 2.27. The molecule has 0 saturated carbocycles. The summed E-state index contributed by atoms with van der Waals surface area (Å²) in [5.41, 5.74) is 1.55. The second kappa shape index (κ2) is 9.50. The van der Waals surface area contributed by atoms with E-state index in [1.807, 2.05) is 0 Å². The molecule has 0 fully saturated rings. The maximum Gasteiger partial charge on any atom is 0.319 e. The number of sulfonamides is 1. The number of carbonyl (C=O) groups is 1. The first kappa shape index (κ1) is 22.8. The smallest absolute Gasteiger partial charge is 0.319 e. The Balaban J connectivity index is 1.63. The van der Waals surface area contributed by atoms with Crippen LogP contribution in [0.5, 0.6) is 5.75 Å². The molecule has 2 amide bonds. The number of hydrogen-bond donors (Lipinski definition) is 3. The van der Waals surface area contributed by atoms with Crippen molar-refractivity contribution < 1.29 is 17.9 Å². The van der Waals surface area contributed by atoms with Crippen LogP contribution in [0.4, 0.5) is 10.5 Å². The topological polar surface area (TPSA) is 127 Å². The molecular formula is C19H23ClN6O4S. The quantitative estimate of drug-likeness (QED) is 0.468. The number of fused-ring (bicyclic) bond motifs is 1. The fraction of sp³-hybridized carbons (Fsp3) is 0.316. The maximum atomic E-state index is 12.3. The van der Waals surface area contributed by atoms with Crippen molar-refractivity contribution in [1.29, 1.82) is 0 Å². The lowest BCUT2D eigenvalue weighted by atomic mass is 10.3. The van der Waals surface area contributed by atoms with E-state index in [2.05, 4.69) is 25.7 Å². The van der Waals surface area contributed by atoms with E-state index < -0.39 is 16.1 Å². The third-order valence-corrected chi connectivity index (χ3v) is 6.10. The number of hydrogen-bond acceptors (Lipinski definition) is 6. The van der Waals surface area contributed by atoms with Gasteiger partial charge in [0.2, 0.25) is 10.0 Å². The zero-order valence-electron chi connectivity index (χ0n) is 17.2. The molecule has 0 aliphatic rings. The first-order valence-corrected chi connectivity index (χ1v) is 11.3. The number of anilines is 1. The lowest BCUT2D eigenvalue weighted by Crippen LogP contribution is -2.31. The second-order valence-corrected chi connectivity index (χ2v) is 9.12.